The van der Waals surface area contributed by atoms with Gasteiger partial charge in [0.2, 0.25) is 0 Å². The van der Waals surface area contributed by atoms with Crippen molar-refractivity contribution in [2.24, 2.45) is 0 Å². The highest BCUT2D eigenvalue weighted by molar-refractivity contribution is 5.39. The molecule has 0 saturated carbocycles. The molecular weight excluding hydrogens is 214 g/mol. The minimum atomic E-state index is 0.376. The van der Waals surface area contributed by atoms with E-state index in [2.05, 4.69) is 35.1 Å². The summed E-state index contributed by atoms with van der Waals surface area (Å²) in [4.78, 5) is 6.75. The summed E-state index contributed by atoms with van der Waals surface area (Å²) < 4.78 is 5.56. The van der Waals surface area contributed by atoms with Gasteiger partial charge in [0.15, 0.2) is 0 Å². The first-order valence-electron chi connectivity index (χ1n) is 6.26. The number of anilines is 1. The average molecular weight is 235 g/mol. The van der Waals surface area contributed by atoms with Crippen LogP contribution in [-0.4, -0.2) is 43.4 Å². The largest absolute Gasteiger partial charge is 0.377 e. The number of nitrogens with zero attached hydrogens (tertiary/aromatic N) is 2. The van der Waals surface area contributed by atoms with Crippen LogP contribution in [-0.2, 0) is 4.74 Å². The minimum absolute atomic E-state index is 0.376. The Morgan fingerprint density at radius 2 is 2.41 bits per heavy atom. The van der Waals surface area contributed by atoms with Crippen molar-refractivity contribution in [3.63, 3.8) is 0 Å². The van der Waals surface area contributed by atoms with Gasteiger partial charge in [-0.1, -0.05) is 19.9 Å². The van der Waals surface area contributed by atoms with E-state index in [0.29, 0.717) is 12.1 Å². The van der Waals surface area contributed by atoms with Gasteiger partial charge in [-0.2, -0.15) is 0 Å². The number of ether oxygens (including phenoxy) is 1. The van der Waals surface area contributed by atoms with Gasteiger partial charge in [0.1, 0.15) is 5.82 Å². The molecule has 1 N–H and O–H groups in total. The number of hydrogen-bond donors (Lipinski definition) is 1. The van der Waals surface area contributed by atoms with Crippen LogP contribution in [0, 0.1) is 0 Å². The predicted molar refractivity (Wildman–Crippen MR) is 69.3 cm³/mol. The second-order valence-electron chi connectivity index (χ2n) is 4.67. The molecule has 0 radical (unpaired) electrons. The van der Waals surface area contributed by atoms with Gasteiger partial charge < -0.3 is 15.0 Å². The fourth-order valence-electron chi connectivity index (χ4n) is 2.02. The van der Waals surface area contributed by atoms with E-state index < -0.39 is 0 Å². The van der Waals surface area contributed by atoms with Gasteiger partial charge in [-0.25, -0.2) is 4.98 Å². The molecule has 17 heavy (non-hydrogen) atoms. The smallest absolute Gasteiger partial charge is 0.128 e. The highest BCUT2D eigenvalue weighted by atomic mass is 16.5. The van der Waals surface area contributed by atoms with Crippen LogP contribution in [0.3, 0.4) is 0 Å². The molecule has 94 valence electrons. The monoisotopic (exact) mass is 235 g/mol. The van der Waals surface area contributed by atoms with Crippen LogP contribution in [0.2, 0.25) is 0 Å². The van der Waals surface area contributed by atoms with E-state index in [1.54, 1.807) is 0 Å². The maximum absolute atomic E-state index is 5.56. The van der Waals surface area contributed by atoms with E-state index in [9.17, 15) is 0 Å². The average Bonchev–Trinajstić information content (AvgIpc) is 2.38. The summed E-state index contributed by atoms with van der Waals surface area (Å²) in [5.74, 6) is 1.05. The first kappa shape index (κ1) is 12.3. The summed E-state index contributed by atoms with van der Waals surface area (Å²) in [5, 5.41) is 3.47. The van der Waals surface area contributed by atoms with Gasteiger partial charge in [-0.05, 0) is 12.1 Å². The van der Waals surface area contributed by atoms with E-state index in [4.69, 9.17) is 4.74 Å². The lowest BCUT2D eigenvalue weighted by molar-refractivity contribution is 0.0928. The first-order valence-corrected chi connectivity index (χ1v) is 6.26. The van der Waals surface area contributed by atoms with Crippen LogP contribution in [0.25, 0.3) is 0 Å². The molecule has 0 aromatic carbocycles. The summed E-state index contributed by atoms with van der Waals surface area (Å²) in [6.07, 6.45) is 1.84. The van der Waals surface area contributed by atoms with Gasteiger partial charge in [0.25, 0.3) is 0 Å². The standard InChI is InChI=1S/C13H21N3O/c1-11(2)15-9-12-10-17-8-7-16(12)13-5-3-4-6-14-13/h3-6,11-12,15H,7-10H2,1-2H3. The third kappa shape index (κ3) is 3.41. The highest BCUT2D eigenvalue weighted by Gasteiger charge is 2.23. The van der Waals surface area contributed by atoms with Crippen LogP contribution in [0.1, 0.15) is 13.8 Å². The van der Waals surface area contributed by atoms with Crippen LogP contribution in [0.15, 0.2) is 24.4 Å². The number of pyridine rings is 1. The molecule has 0 aliphatic carbocycles. The first-order chi connectivity index (χ1) is 8.27. The lowest BCUT2D eigenvalue weighted by Gasteiger charge is -2.37. The summed E-state index contributed by atoms with van der Waals surface area (Å²) in [5.41, 5.74) is 0. The molecule has 4 heteroatoms. The second kappa shape index (κ2) is 5.98. The quantitative estimate of drug-likeness (QED) is 0.853. The van der Waals surface area contributed by atoms with Crippen LogP contribution >= 0.6 is 0 Å². The lowest BCUT2D eigenvalue weighted by Crippen LogP contribution is -2.51. The number of rotatable bonds is 4. The Hall–Kier alpha value is -1.13. The summed E-state index contributed by atoms with van der Waals surface area (Å²) in [7, 11) is 0. The zero-order valence-corrected chi connectivity index (χ0v) is 10.6. The summed E-state index contributed by atoms with van der Waals surface area (Å²) in [6.45, 7) is 7.74. The third-order valence-corrected chi connectivity index (χ3v) is 2.93. The van der Waals surface area contributed by atoms with Crippen molar-refractivity contribution in [3.05, 3.63) is 24.4 Å². The Labute approximate surface area is 103 Å². The third-order valence-electron chi connectivity index (χ3n) is 2.93. The minimum Gasteiger partial charge on any atom is -0.377 e. The maximum Gasteiger partial charge on any atom is 0.128 e. The van der Waals surface area contributed by atoms with Crippen molar-refractivity contribution >= 4 is 5.82 Å². The molecular formula is C13H21N3O. The second-order valence-corrected chi connectivity index (χ2v) is 4.67. The Morgan fingerprint density at radius 1 is 1.53 bits per heavy atom. The molecule has 1 fully saturated rings. The number of nitrogens with one attached hydrogen (secondary N) is 1. The van der Waals surface area contributed by atoms with E-state index in [1.807, 2.05) is 18.3 Å². The molecule has 1 aromatic rings. The van der Waals surface area contributed by atoms with Crippen LogP contribution in [0.4, 0.5) is 5.82 Å². The van der Waals surface area contributed by atoms with E-state index in [1.165, 1.54) is 0 Å². The van der Waals surface area contributed by atoms with Crippen LogP contribution in [0.5, 0.6) is 0 Å². The predicted octanol–water partition coefficient (Wildman–Crippen LogP) is 1.28. The molecule has 2 heterocycles. The Morgan fingerprint density at radius 3 is 3.12 bits per heavy atom. The topological polar surface area (TPSA) is 37.4 Å². The van der Waals surface area contributed by atoms with Crippen molar-refractivity contribution in [1.29, 1.82) is 0 Å². The molecule has 1 saturated heterocycles. The molecule has 0 spiro atoms. The number of aromatic nitrogens is 1. The van der Waals surface area contributed by atoms with E-state index in [-0.39, 0.29) is 0 Å². The molecule has 1 aliphatic rings. The molecule has 0 bridgehead atoms. The zero-order valence-electron chi connectivity index (χ0n) is 10.6. The van der Waals surface area contributed by atoms with Crippen molar-refractivity contribution in [2.75, 3.05) is 31.2 Å². The van der Waals surface area contributed by atoms with Gasteiger partial charge in [-0.15, -0.1) is 0 Å². The molecule has 1 atom stereocenters. The molecule has 0 amide bonds. The Balaban J connectivity index is 2.02. The molecule has 2 rings (SSSR count). The van der Waals surface area contributed by atoms with Gasteiger partial charge >= 0.3 is 0 Å². The van der Waals surface area contributed by atoms with Crippen molar-refractivity contribution in [3.8, 4) is 0 Å². The van der Waals surface area contributed by atoms with Crippen molar-refractivity contribution < 1.29 is 4.74 Å². The summed E-state index contributed by atoms with van der Waals surface area (Å²) in [6, 6.07) is 6.92. The fraction of sp³-hybridized carbons (Fsp3) is 0.615. The molecule has 1 aliphatic heterocycles. The lowest BCUT2D eigenvalue weighted by atomic mass is 10.2. The Kier molecular flexibility index (Phi) is 4.34. The van der Waals surface area contributed by atoms with E-state index >= 15 is 0 Å². The van der Waals surface area contributed by atoms with E-state index in [0.717, 1.165) is 32.1 Å². The number of morpholine rings is 1. The van der Waals surface area contributed by atoms with Gasteiger partial charge in [0, 0.05) is 25.3 Å². The normalized spacial score (nSPS) is 20.9. The van der Waals surface area contributed by atoms with Gasteiger partial charge in [0.05, 0.1) is 19.3 Å². The molecule has 1 aromatic heterocycles. The summed E-state index contributed by atoms with van der Waals surface area (Å²) >= 11 is 0. The number of hydrogen-bond acceptors (Lipinski definition) is 4. The SMILES string of the molecule is CC(C)NCC1COCCN1c1ccccn1. The zero-order chi connectivity index (χ0) is 12.1. The fourth-order valence-corrected chi connectivity index (χ4v) is 2.02. The van der Waals surface area contributed by atoms with Crippen LogP contribution < -0.4 is 10.2 Å². The van der Waals surface area contributed by atoms with Crippen molar-refractivity contribution in [2.45, 2.75) is 25.9 Å². The Bertz CT molecular complexity index is 329. The van der Waals surface area contributed by atoms with Crippen molar-refractivity contribution in [1.82, 2.24) is 10.3 Å². The molecule has 4 nitrogen and oxygen atoms in total. The maximum atomic E-state index is 5.56. The van der Waals surface area contributed by atoms with Gasteiger partial charge in [-0.3, -0.25) is 0 Å². The highest BCUT2D eigenvalue weighted by Crippen LogP contribution is 2.16. The molecule has 1 unspecified atom stereocenters.